The highest BCUT2D eigenvalue weighted by Gasteiger charge is 2.09. The molecule has 0 bridgehead atoms. The van der Waals surface area contributed by atoms with Crippen molar-refractivity contribution < 1.29 is 9.59 Å². The smallest absolute Gasteiger partial charge is 0.221 e. The first-order valence-corrected chi connectivity index (χ1v) is 9.68. The molecule has 0 amide bonds. The molecular weight excluding hydrogens is 319 g/mol. The highest BCUT2D eigenvalue weighted by Crippen LogP contribution is 2.19. The Bertz CT molecular complexity index is 293. The van der Waals surface area contributed by atoms with Gasteiger partial charge in [-0.05, 0) is 42.0 Å². The Labute approximate surface area is 146 Å². The predicted molar refractivity (Wildman–Crippen MR) is 95.5 cm³/mol. The molecule has 1 unspecified atom stereocenters. The van der Waals surface area contributed by atoms with E-state index in [9.17, 15) is 9.59 Å². The monoisotopic (exact) mass is 350 g/mol. The lowest BCUT2D eigenvalue weighted by molar-refractivity contribution is -0.113. The van der Waals surface area contributed by atoms with Crippen molar-refractivity contribution in [3.05, 3.63) is 0 Å². The van der Waals surface area contributed by atoms with Crippen molar-refractivity contribution in [1.82, 2.24) is 0 Å². The van der Waals surface area contributed by atoms with Gasteiger partial charge in [-0.2, -0.15) is 0 Å². The van der Waals surface area contributed by atoms with Gasteiger partial charge in [0.15, 0.2) is 0 Å². The molecule has 0 aliphatic rings. The van der Waals surface area contributed by atoms with E-state index < -0.39 is 0 Å². The Hall–Kier alpha value is -0.0800. The van der Waals surface area contributed by atoms with E-state index in [0.29, 0.717) is 18.8 Å². The molecule has 0 rings (SSSR count). The van der Waals surface area contributed by atoms with Crippen molar-refractivity contribution >= 4 is 33.7 Å². The quantitative estimate of drug-likeness (QED) is 0.231. The minimum Gasteiger partial charge on any atom is -0.281 e. The molecule has 22 heavy (non-hydrogen) atoms. The number of carbonyl (C=O) groups excluding carboxylic acids is 2. The maximum Gasteiger partial charge on any atom is 0.221 e. The lowest BCUT2D eigenvalue weighted by Crippen LogP contribution is -2.03. The summed E-state index contributed by atoms with van der Waals surface area (Å²) in [5.41, 5.74) is 0. The van der Waals surface area contributed by atoms with Crippen molar-refractivity contribution in [2.24, 2.45) is 5.92 Å². The lowest BCUT2D eigenvalue weighted by atomic mass is 9.95. The van der Waals surface area contributed by atoms with Gasteiger partial charge in [0.1, 0.15) is 0 Å². The minimum atomic E-state index is -0.208. The molecule has 0 aromatic rings. The third-order valence-electron chi connectivity index (χ3n) is 4.26. The molecule has 2 nitrogen and oxygen atoms in total. The first kappa shape index (κ1) is 21.9. The SMILES string of the molecule is CCC(CCCCCCCCCCCCC(=O)Cl)CC(=O)Cl. The molecule has 0 saturated carbocycles. The number of rotatable bonds is 16. The maximum absolute atomic E-state index is 10.9. The second-order valence-electron chi connectivity index (χ2n) is 6.26. The van der Waals surface area contributed by atoms with Crippen molar-refractivity contribution in [2.75, 3.05) is 0 Å². The predicted octanol–water partition coefficient (Wildman–Crippen LogP) is 6.61. The average Bonchev–Trinajstić information content (AvgIpc) is 2.46. The van der Waals surface area contributed by atoms with Crippen LogP contribution < -0.4 is 0 Å². The van der Waals surface area contributed by atoms with Gasteiger partial charge in [0.25, 0.3) is 0 Å². The Morgan fingerprint density at radius 1 is 0.727 bits per heavy atom. The molecule has 0 saturated heterocycles. The van der Waals surface area contributed by atoms with E-state index in [1.807, 2.05) is 0 Å². The van der Waals surface area contributed by atoms with Gasteiger partial charge >= 0.3 is 0 Å². The van der Waals surface area contributed by atoms with Crippen LogP contribution in [0.15, 0.2) is 0 Å². The van der Waals surface area contributed by atoms with Crippen molar-refractivity contribution in [2.45, 2.75) is 96.8 Å². The zero-order valence-electron chi connectivity index (χ0n) is 14.0. The molecule has 0 aliphatic carbocycles. The summed E-state index contributed by atoms with van der Waals surface area (Å²) in [6.45, 7) is 2.13. The van der Waals surface area contributed by atoms with Gasteiger partial charge in [0.2, 0.25) is 10.5 Å². The fourth-order valence-corrected chi connectivity index (χ4v) is 3.14. The van der Waals surface area contributed by atoms with Crippen LogP contribution in [0.1, 0.15) is 96.8 Å². The van der Waals surface area contributed by atoms with Crippen LogP contribution in [-0.2, 0) is 9.59 Å². The van der Waals surface area contributed by atoms with Gasteiger partial charge in [0, 0.05) is 12.8 Å². The van der Waals surface area contributed by atoms with E-state index in [0.717, 1.165) is 25.7 Å². The molecule has 0 radical (unpaired) electrons. The molecule has 0 N–H and O–H groups in total. The maximum atomic E-state index is 10.9. The number of hydrogen-bond donors (Lipinski definition) is 0. The van der Waals surface area contributed by atoms with Crippen LogP contribution in [0.4, 0.5) is 0 Å². The number of unbranched alkanes of at least 4 members (excludes halogenated alkanes) is 9. The molecule has 4 heteroatoms. The van der Waals surface area contributed by atoms with E-state index in [1.165, 1.54) is 51.4 Å². The van der Waals surface area contributed by atoms with E-state index in [-0.39, 0.29) is 10.5 Å². The summed E-state index contributed by atoms with van der Waals surface area (Å²) in [4.78, 5) is 21.5. The number of carbonyl (C=O) groups is 2. The normalized spacial score (nSPS) is 12.3. The van der Waals surface area contributed by atoms with Crippen LogP contribution in [0.2, 0.25) is 0 Å². The summed E-state index contributed by atoms with van der Waals surface area (Å²) >= 11 is 10.7. The lowest BCUT2D eigenvalue weighted by Gasteiger charge is -2.11. The molecule has 0 heterocycles. The molecule has 0 aromatic heterocycles. The Morgan fingerprint density at radius 2 is 1.18 bits per heavy atom. The van der Waals surface area contributed by atoms with Crippen LogP contribution in [0.25, 0.3) is 0 Å². The van der Waals surface area contributed by atoms with Crippen LogP contribution in [0.3, 0.4) is 0 Å². The van der Waals surface area contributed by atoms with E-state index in [1.54, 1.807) is 0 Å². The fourth-order valence-electron chi connectivity index (χ4n) is 2.79. The van der Waals surface area contributed by atoms with Crippen molar-refractivity contribution in [3.63, 3.8) is 0 Å². The largest absolute Gasteiger partial charge is 0.281 e. The highest BCUT2D eigenvalue weighted by atomic mass is 35.5. The standard InChI is InChI=1S/C18H32Cl2O2/c1-2-16(15-18(20)22)13-11-9-7-5-3-4-6-8-10-12-14-17(19)21/h16H,2-15H2,1H3. The summed E-state index contributed by atoms with van der Waals surface area (Å²) in [6, 6.07) is 0. The van der Waals surface area contributed by atoms with Gasteiger partial charge in [-0.1, -0.05) is 71.1 Å². The van der Waals surface area contributed by atoms with Gasteiger partial charge in [-0.15, -0.1) is 0 Å². The topological polar surface area (TPSA) is 34.1 Å². The molecule has 1 atom stereocenters. The van der Waals surface area contributed by atoms with Gasteiger partial charge in [-0.3, -0.25) is 9.59 Å². The van der Waals surface area contributed by atoms with Crippen LogP contribution in [-0.4, -0.2) is 10.5 Å². The second kappa shape index (κ2) is 15.8. The van der Waals surface area contributed by atoms with Gasteiger partial charge in [0.05, 0.1) is 0 Å². The summed E-state index contributed by atoms with van der Waals surface area (Å²) in [5, 5.41) is -0.400. The van der Waals surface area contributed by atoms with E-state index in [4.69, 9.17) is 23.2 Å². The third-order valence-corrected chi connectivity index (χ3v) is 4.61. The van der Waals surface area contributed by atoms with Crippen molar-refractivity contribution in [1.29, 1.82) is 0 Å². The molecular formula is C18H32Cl2O2. The van der Waals surface area contributed by atoms with E-state index >= 15 is 0 Å². The average molecular weight is 351 g/mol. The molecule has 0 fully saturated rings. The molecule has 130 valence electrons. The van der Waals surface area contributed by atoms with Gasteiger partial charge < -0.3 is 0 Å². The summed E-state index contributed by atoms with van der Waals surface area (Å²) in [7, 11) is 0. The Balaban J connectivity index is 3.23. The summed E-state index contributed by atoms with van der Waals surface area (Å²) in [6.07, 6.45) is 15.5. The molecule has 0 aliphatic heterocycles. The highest BCUT2D eigenvalue weighted by molar-refractivity contribution is 6.63. The summed E-state index contributed by atoms with van der Waals surface area (Å²) in [5.74, 6) is 0.477. The zero-order valence-corrected chi connectivity index (χ0v) is 15.6. The van der Waals surface area contributed by atoms with Crippen molar-refractivity contribution in [3.8, 4) is 0 Å². The third kappa shape index (κ3) is 16.3. The minimum absolute atomic E-state index is 0.192. The number of halogens is 2. The number of hydrogen-bond acceptors (Lipinski definition) is 2. The Morgan fingerprint density at radius 3 is 1.59 bits per heavy atom. The van der Waals surface area contributed by atoms with Crippen LogP contribution in [0.5, 0.6) is 0 Å². The summed E-state index contributed by atoms with van der Waals surface area (Å²) < 4.78 is 0. The first-order valence-electron chi connectivity index (χ1n) is 8.93. The first-order chi connectivity index (χ1) is 10.6. The zero-order chi connectivity index (χ0) is 16.6. The Kier molecular flexibility index (Phi) is 15.7. The van der Waals surface area contributed by atoms with Crippen LogP contribution in [0, 0.1) is 5.92 Å². The second-order valence-corrected chi connectivity index (χ2v) is 7.11. The van der Waals surface area contributed by atoms with Crippen LogP contribution >= 0.6 is 23.2 Å². The molecule has 0 aromatic carbocycles. The molecule has 0 spiro atoms. The van der Waals surface area contributed by atoms with Gasteiger partial charge in [-0.25, -0.2) is 0 Å². The van der Waals surface area contributed by atoms with E-state index in [2.05, 4.69) is 6.92 Å². The fraction of sp³-hybridized carbons (Fsp3) is 0.889.